The van der Waals surface area contributed by atoms with Gasteiger partial charge in [0.1, 0.15) is 16.7 Å². The molecule has 3 rings (SSSR count). The highest BCUT2D eigenvalue weighted by atomic mass is 35.5. The summed E-state index contributed by atoms with van der Waals surface area (Å²) in [5.41, 5.74) is 0. The van der Waals surface area contributed by atoms with Gasteiger partial charge in [0.2, 0.25) is 0 Å². The number of pyridine rings is 1. The molecule has 112 valence electrons. The second-order valence-corrected chi connectivity index (χ2v) is 6.59. The van der Waals surface area contributed by atoms with Gasteiger partial charge < -0.3 is 9.88 Å². The quantitative estimate of drug-likeness (QED) is 0.915. The standard InChI is InChI=1S/C13H15Cl2N5S/c1-16-11-8(14)7-9(15)12(17-11)21-13-19-18-10-5-3-2-4-6-20(10)13/h7H,2-6H2,1H3,(H,16,17). The molecule has 0 radical (unpaired) electrons. The van der Waals surface area contributed by atoms with Crippen molar-refractivity contribution in [3.05, 3.63) is 21.9 Å². The number of fused-ring (bicyclic) bond motifs is 1. The fourth-order valence-corrected chi connectivity index (χ4v) is 3.74. The first-order valence-corrected chi connectivity index (χ1v) is 8.40. The molecule has 0 amide bonds. The van der Waals surface area contributed by atoms with E-state index in [4.69, 9.17) is 23.2 Å². The van der Waals surface area contributed by atoms with E-state index < -0.39 is 0 Å². The lowest BCUT2D eigenvalue weighted by Gasteiger charge is -2.09. The molecule has 21 heavy (non-hydrogen) atoms. The van der Waals surface area contributed by atoms with Gasteiger partial charge in [0.05, 0.1) is 10.0 Å². The summed E-state index contributed by atoms with van der Waals surface area (Å²) in [4.78, 5) is 4.44. The number of halogens is 2. The van der Waals surface area contributed by atoms with Crippen molar-refractivity contribution in [1.82, 2.24) is 19.7 Å². The van der Waals surface area contributed by atoms with Crippen molar-refractivity contribution in [3.63, 3.8) is 0 Å². The third kappa shape index (κ3) is 3.12. The monoisotopic (exact) mass is 343 g/mol. The van der Waals surface area contributed by atoms with Crippen LogP contribution in [0.4, 0.5) is 5.82 Å². The van der Waals surface area contributed by atoms with Gasteiger partial charge in [-0.25, -0.2) is 4.98 Å². The lowest BCUT2D eigenvalue weighted by atomic mass is 10.2. The maximum atomic E-state index is 6.24. The molecule has 5 nitrogen and oxygen atoms in total. The van der Waals surface area contributed by atoms with Gasteiger partial charge in [-0.15, -0.1) is 10.2 Å². The first-order chi connectivity index (χ1) is 10.2. The highest BCUT2D eigenvalue weighted by Crippen LogP contribution is 2.35. The third-order valence-electron chi connectivity index (χ3n) is 3.40. The van der Waals surface area contributed by atoms with Crippen LogP contribution in [-0.4, -0.2) is 26.8 Å². The average Bonchev–Trinajstić information content (AvgIpc) is 2.70. The molecular weight excluding hydrogens is 329 g/mol. The van der Waals surface area contributed by atoms with E-state index in [9.17, 15) is 0 Å². The van der Waals surface area contributed by atoms with E-state index >= 15 is 0 Å². The van der Waals surface area contributed by atoms with Gasteiger partial charge in [0, 0.05) is 20.0 Å². The smallest absolute Gasteiger partial charge is 0.197 e. The zero-order chi connectivity index (χ0) is 14.8. The minimum absolute atomic E-state index is 0.506. The van der Waals surface area contributed by atoms with Crippen LogP contribution in [0.25, 0.3) is 0 Å². The number of aryl methyl sites for hydroxylation is 1. The molecule has 0 atom stereocenters. The maximum Gasteiger partial charge on any atom is 0.197 e. The number of nitrogens with zero attached hydrogens (tertiary/aromatic N) is 4. The SMILES string of the molecule is CNc1nc(Sc2nnc3n2CCCCC3)c(Cl)cc1Cl. The van der Waals surface area contributed by atoms with Crippen LogP contribution in [-0.2, 0) is 13.0 Å². The summed E-state index contributed by atoms with van der Waals surface area (Å²) in [6, 6.07) is 1.70. The Kier molecular flexibility index (Phi) is 4.57. The van der Waals surface area contributed by atoms with Gasteiger partial charge in [-0.05, 0) is 30.7 Å². The lowest BCUT2D eigenvalue weighted by molar-refractivity contribution is 0.590. The third-order valence-corrected chi connectivity index (χ3v) is 5.08. The van der Waals surface area contributed by atoms with Crippen LogP contribution in [0, 0.1) is 0 Å². The first-order valence-electron chi connectivity index (χ1n) is 6.82. The molecule has 1 aliphatic rings. The van der Waals surface area contributed by atoms with Crippen LogP contribution in [0.15, 0.2) is 16.2 Å². The van der Waals surface area contributed by atoms with E-state index in [0.29, 0.717) is 20.9 Å². The van der Waals surface area contributed by atoms with Gasteiger partial charge in [0.25, 0.3) is 0 Å². The molecule has 0 aromatic carbocycles. The van der Waals surface area contributed by atoms with Gasteiger partial charge in [-0.1, -0.05) is 29.6 Å². The van der Waals surface area contributed by atoms with E-state index in [1.807, 2.05) is 0 Å². The lowest BCUT2D eigenvalue weighted by Crippen LogP contribution is -2.02. The largest absolute Gasteiger partial charge is 0.372 e. The number of aromatic nitrogens is 4. The molecule has 0 spiro atoms. The van der Waals surface area contributed by atoms with E-state index in [2.05, 4.69) is 25.1 Å². The van der Waals surface area contributed by atoms with Crippen LogP contribution >= 0.6 is 35.0 Å². The summed E-state index contributed by atoms with van der Waals surface area (Å²) >= 11 is 13.7. The maximum absolute atomic E-state index is 6.24. The average molecular weight is 344 g/mol. The van der Waals surface area contributed by atoms with Crippen molar-refractivity contribution >= 4 is 40.8 Å². The molecule has 0 bridgehead atoms. The van der Waals surface area contributed by atoms with E-state index in [-0.39, 0.29) is 0 Å². The Morgan fingerprint density at radius 1 is 1.19 bits per heavy atom. The summed E-state index contributed by atoms with van der Waals surface area (Å²) in [5.74, 6) is 1.66. The van der Waals surface area contributed by atoms with Crippen molar-refractivity contribution in [1.29, 1.82) is 0 Å². The van der Waals surface area contributed by atoms with Crippen molar-refractivity contribution in [2.75, 3.05) is 12.4 Å². The van der Waals surface area contributed by atoms with Gasteiger partial charge >= 0.3 is 0 Å². The number of hydrogen-bond acceptors (Lipinski definition) is 5. The fourth-order valence-electron chi connectivity index (χ4n) is 2.32. The molecule has 0 saturated heterocycles. The molecule has 1 aliphatic heterocycles. The van der Waals surface area contributed by atoms with Crippen molar-refractivity contribution in [3.8, 4) is 0 Å². The summed E-state index contributed by atoms with van der Waals surface area (Å²) in [6.07, 6.45) is 4.54. The van der Waals surface area contributed by atoms with Crippen LogP contribution in [0.3, 0.4) is 0 Å². The molecular formula is C13H15Cl2N5S. The van der Waals surface area contributed by atoms with E-state index in [0.717, 1.165) is 30.4 Å². The molecule has 0 saturated carbocycles. The summed E-state index contributed by atoms with van der Waals surface area (Å²) < 4.78 is 2.17. The first kappa shape index (κ1) is 14.9. The normalized spacial score (nSPS) is 14.6. The highest BCUT2D eigenvalue weighted by molar-refractivity contribution is 7.99. The predicted octanol–water partition coefficient (Wildman–Crippen LogP) is 3.90. The van der Waals surface area contributed by atoms with E-state index in [1.54, 1.807) is 13.1 Å². The van der Waals surface area contributed by atoms with Crippen LogP contribution in [0.2, 0.25) is 10.0 Å². The Labute approximate surface area is 137 Å². The Bertz CT molecular complexity index is 658. The number of rotatable bonds is 3. The number of nitrogens with one attached hydrogen (secondary N) is 1. The van der Waals surface area contributed by atoms with Crippen molar-refractivity contribution in [2.24, 2.45) is 0 Å². The van der Waals surface area contributed by atoms with Crippen LogP contribution < -0.4 is 5.32 Å². The Morgan fingerprint density at radius 3 is 2.86 bits per heavy atom. The van der Waals surface area contributed by atoms with Gasteiger partial charge in [0.15, 0.2) is 5.16 Å². The van der Waals surface area contributed by atoms with E-state index in [1.165, 1.54) is 24.6 Å². The Balaban J connectivity index is 1.92. The second-order valence-electron chi connectivity index (χ2n) is 4.82. The molecule has 3 heterocycles. The summed E-state index contributed by atoms with van der Waals surface area (Å²) in [7, 11) is 1.78. The predicted molar refractivity (Wildman–Crippen MR) is 85.5 cm³/mol. The summed E-state index contributed by atoms with van der Waals surface area (Å²) in [6.45, 7) is 0.953. The Hall–Kier alpha value is -0.980. The molecule has 0 aliphatic carbocycles. The molecule has 8 heteroatoms. The number of hydrogen-bond donors (Lipinski definition) is 1. The van der Waals surface area contributed by atoms with Gasteiger partial charge in [-0.2, -0.15) is 0 Å². The molecule has 1 N–H and O–H groups in total. The minimum Gasteiger partial charge on any atom is -0.372 e. The van der Waals surface area contributed by atoms with Gasteiger partial charge in [-0.3, -0.25) is 0 Å². The van der Waals surface area contributed by atoms with Crippen LogP contribution in [0.1, 0.15) is 25.1 Å². The van der Waals surface area contributed by atoms with Crippen molar-refractivity contribution in [2.45, 2.75) is 42.4 Å². The Morgan fingerprint density at radius 2 is 2.05 bits per heavy atom. The number of anilines is 1. The fraction of sp³-hybridized carbons (Fsp3) is 0.462. The zero-order valence-electron chi connectivity index (χ0n) is 11.6. The van der Waals surface area contributed by atoms with Crippen molar-refractivity contribution < 1.29 is 0 Å². The summed E-state index contributed by atoms with van der Waals surface area (Å²) in [5, 5.41) is 14.1. The molecule has 2 aromatic rings. The topological polar surface area (TPSA) is 55.6 Å². The zero-order valence-corrected chi connectivity index (χ0v) is 13.9. The molecule has 0 fully saturated rings. The molecule has 2 aromatic heterocycles. The second kappa shape index (κ2) is 6.42. The minimum atomic E-state index is 0.506. The van der Waals surface area contributed by atoms with Crippen LogP contribution in [0.5, 0.6) is 0 Å². The highest BCUT2D eigenvalue weighted by Gasteiger charge is 2.18. The molecule has 0 unspecified atom stereocenters.